The minimum absolute atomic E-state index is 0.291. The number of hydrogen-bond acceptors (Lipinski definition) is 5. The van der Waals surface area contributed by atoms with E-state index >= 15 is 0 Å². The standard InChI is InChI=1S/C10H10Cl2N4O/c1-13-5-9-15-16-10(17-9)14-8-3-2-6(11)4-7(8)12/h2-4,13H,5H2,1H3,(H,14,16). The molecule has 2 rings (SSSR count). The third kappa shape index (κ3) is 3.09. The maximum absolute atomic E-state index is 6.00. The van der Waals surface area contributed by atoms with Crippen molar-refractivity contribution < 1.29 is 4.42 Å². The number of halogens is 2. The summed E-state index contributed by atoms with van der Waals surface area (Å²) in [6, 6.07) is 5.39. The molecule has 0 spiro atoms. The lowest BCUT2D eigenvalue weighted by Gasteiger charge is -2.03. The summed E-state index contributed by atoms with van der Waals surface area (Å²) in [6.45, 7) is 0.517. The number of hydrogen-bond donors (Lipinski definition) is 2. The van der Waals surface area contributed by atoms with Crippen LogP contribution in [0.3, 0.4) is 0 Å². The van der Waals surface area contributed by atoms with Gasteiger partial charge in [-0.05, 0) is 25.2 Å². The highest BCUT2D eigenvalue weighted by molar-refractivity contribution is 6.36. The van der Waals surface area contributed by atoms with Crippen LogP contribution in [-0.4, -0.2) is 17.2 Å². The van der Waals surface area contributed by atoms with E-state index in [4.69, 9.17) is 27.6 Å². The third-order valence-electron chi connectivity index (χ3n) is 1.97. The van der Waals surface area contributed by atoms with Gasteiger partial charge in [-0.25, -0.2) is 0 Å². The molecule has 0 saturated carbocycles. The molecular weight excluding hydrogens is 263 g/mol. The van der Waals surface area contributed by atoms with Crippen LogP contribution in [0, 0.1) is 0 Å². The Labute approximate surface area is 108 Å². The average Bonchev–Trinajstić information content (AvgIpc) is 2.71. The molecule has 90 valence electrons. The van der Waals surface area contributed by atoms with Gasteiger partial charge in [-0.3, -0.25) is 0 Å². The summed E-state index contributed by atoms with van der Waals surface area (Å²) in [7, 11) is 1.80. The molecule has 1 heterocycles. The molecule has 0 aliphatic rings. The summed E-state index contributed by atoms with van der Waals surface area (Å²) >= 11 is 11.8. The molecule has 0 amide bonds. The largest absolute Gasteiger partial charge is 0.406 e. The van der Waals surface area contributed by atoms with Crippen molar-refractivity contribution in [1.82, 2.24) is 15.5 Å². The summed E-state index contributed by atoms with van der Waals surface area (Å²) in [6.07, 6.45) is 0. The van der Waals surface area contributed by atoms with Crippen LogP contribution in [0.25, 0.3) is 0 Å². The quantitative estimate of drug-likeness (QED) is 0.896. The predicted octanol–water partition coefficient (Wildman–Crippen LogP) is 2.84. The van der Waals surface area contributed by atoms with Crippen LogP contribution in [-0.2, 0) is 6.54 Å². The zero-order chi connectivity index (χ0) is 12.3. The van der Waals surface area contributed by atoms with Gasteiger partial charge in [-0.2, -0.15) is 0 Å². The fourth-order valence-electron chi connectivity index (χ4n) is 1.23. The molecule has 0 saturated heterocycles. The van der Waals surface area contributed by atoms with Gasteiger partial charge in [0.2, 0.25) is 5.89 Å². The number of nitrogens with one attached hydrogen (secondary N) is 2. The maximum Gasteiger partial charge on any atom is 0.320 e. The first kappa shape index (κ1) is 12.2. The maximum atomic E-state index is 6.00. The van der Waals surface area contributed by atoms with Crippen molar-refractivity contribution in [3.05, 3.63) is 34.1 Å². The lowest BCUT2D eigenvalue weighted by atomic mass is 10.3. The van der Waals surface area contributed by atoms with Crippen LogP contribution in [0.5, 0.6) is 0 Å². The van der Waals surface area contributed by atoms with Crippen molar-refractivity contribution >= 4 is 34.9 Å². The Kier molecular flexibility index (Phi) is 3.83. The Balaban J connectivity index is 2.13. The van der Waals surface area contributed by atoms with Gasteiger partial charge in [0.25, 0.3) is 0 Å². The summed E-state index contributed by atoms with van der Waals surface area (Å²) < 4.78 is 5.33. The van der Waals surface area contributed by atoms with Crippen molar-refractivity contribution in [3.8, 4) is 0 Å². The second kappa shape index (κ2) is 5.35. The Morgan fingerprint density at radius 3 is 2.82 bits per heavy atom. The summed E-state index contributed by atoms with van der Waals surface area (Å²) in [5.74, 6) is 0.500. The smallest absolute Gasteiger partial charge is 0.320 e. The van der Waals surface area contributed by atoms with Crippen LogP contribution < -0.4 is 10.6 Å². The molecule has 0 atom stereocenters. The first-order valence-electron chi connectivity index (χ1n) is 4.88. The van der Waals surface area contributed by atoms with E-state index in [-0.39, 0.29) is 0 Å². The second-order valence-corrected chi connectivity index (χ2v) is 4.12. The number of nitrogens with zero attached hydrogens (tertiary/aromatic N) is 2. The van der Waals surface area contributed by atoms with Gasteiger partial charge in [-0.15, -0.1) is 5.10 Å². The van der Waals surface area contributed by atoms with E-state index in [1.807, 2.05) is 0 Å². The molecule has 1 aromatic heterocycles. The molecule has 5 nitrogen and oxygen atoms in total. The molecule has 17 heavy (non-hydrogen) atoms. The van der Waals surface area contributed by atoms with Gasteiger partial charge in [-0.1, -0.05) is 28.3 Å². The fraction of sp³-hybridized carbons (Fsp3) is 0.200. The van der Waals surface area contributed by atoms with E-state index in [1.165, 1.54) is 0 Å². The lowest BCUT2D eigenvalue weighted by molar-refractivity contribution is 0.493. The van der Waals surface area contributed by atoms with Gasteiger partial charge in [0.15, 0.2) is 0 Å². The molecule has 0 aliphatic carbocycles. The Morgan fingerprint density at radius 1 is 1.29 bits per heavy atom. The van der Waals surface area contributed by atoms with Gasteiger partial charge in [0.05, 0.1) is 17.3 Å². The predicted molar refractivity (Wildman–Crippen MR) is 66.8 cm³/mol. The van der Waals surface area contributed by atoms with Crippen LogP contribution in [0.2, 0.25) is 10.0 Å². The van der Waals surface area contributed by atoms with E-state index in [0.29, 0.717) is 34.2 Å². The van der Waals surface area contributed by atoms with Gasteiger partial charge in [0, 0.05) is 5.02 Å². The van der Waals surface area contributed by atoms with Gasteiger partial charge >= 0.3 is 6.01 Å². The number of benzene rings is 1. The molecule has 0 bridgehead atoms. The average molecular weight is 273 g/mol. The topological polar surface area (TPSA) is 63.0 Å². The normalized spacial score (nSPS) is 10.5. The Hall–Kier alpha value is -1.30. The molecule has 0 radical (unpaired) electrons. The van der Waals surface area contributed by atoms with E-state index in [2.05, 4.69) is 20.8 Å². The van der Waals surface area contributed by atoms with Gasteiger partial charge in [0.1, 0.15) is 0 Å². The van der Waals surface area contributed by atoms with Crippen molar-refractivity contribution in [2.45, 2.75) is 6.54 Å². The van der Waals surface area contributed by atoms with E-state index in [1.54, 1.807) is 25.2 Å². The molecule has 2 N–H and O–H groups in total. The van der Waals surface area contributed by atoms with Crippen molar-refractivity contribution in [1.29, 1.82) is 0 Å². The second-order valence-electron chi connectivity index (χ2n) is 3.28. The number of rotatable bonds is 4. The van der Waals surface area contributed by atoms with Crippen LogP contribution in [0.4, 0.5) is 11.7 Å². The number of aromatic nitrogens is 2. The van der Waals surface area contributed by atoms with Crippen LogP contribution in [0.1, 0.15) is 5.89 Å². The van der Waals surface area contributed by atoms with Crippen LogP contribution in [0.15, 0.2) is 22.6 Å². The summed E-state index contributed by atoms with van der Waals surface area (Å²) in [4.78, 5) is 0. The van der Waals surface area contributed by atoms with Crippen molar-refractivity contribution in [2.75, 3.05) is 12.4 Å². The van der Waals surface area contributed by atoms with Crippen molar-refractivity contribution in [2.24, 2.45) is 0 Å². The summed E-state index contributed by atoms with van der Waals surface area (Å²) in [5.41, 5.74) is 0.663. The Bertz CT molecular complexity index is 515. The highest BCUT2D eigenvalue weighted by atomic mass is 35.5. The monoisotopic (exact) mass is 272 g/mol. The Morgan fingerprint density at radius 2 is 2.12 bits per heavy atom. The minimum Gasteiger partial charge on any atom is -0.406 e. The lowest BCUT2D eigenvalue weighted by Crippen LogP contribution is -2.04. The molecule has 0 fully saturated rings. The van der Waals surface area contributed by atoms with Gasteiger partial charge < -0.3 is 15.1 Å². The van der Waals surface area contributed by atoms with E-state index < -0.39 is 0 Å². The first-order valence-corrected chi connectivity index (χ1v) is 5.63. The van der Waals surface area contributed by atoms with E-state index in [9.17, 15) is 0 Å². The third-order valence-corrected chi connectivity index (χ3v) is 2.52. The molecule has 2 aromatic rings. The molecule has 1 aromatic carbocycles. The van der Waals surface area contributed by atoms with Crippen LogP contribution >= 0.6 is 23.2 Å². The SMILES string of the molecule is CNCc1nnc(Nc2ccc(Cl)cc2Cl)o1. The number of anilines is 2. The first-order chi connectivity index (χ1) is 8.19. The molecule has 0 aliphatic heterocycles. The minimum atomic E-state index is 0.291. The molecule has 0 unspecified atom stereocenters. The zero-order valence-corrected chi connectivity index (χ0v) is 10.5. The van der Waals surface area contributed by atoms with Crippen molar-refractivity contribution in [3.63, 3.8) is 0 Å². The highest BCUT2D eigenvalue weighted by Gasteiger charge is 2.07. The highest BCUT2D eigenvalue weighted by Crippen LogP contribution is 2.27. The fourth-order valence-corrected chi connectivity index (χ4v) is 1.69. The van der Waals surface area contributed by atoms with E-state index in [0.717, 1.165) is 0 Å². The molecular formula is C10H10Cl2N4O. The summed E-state index contributed by atoms with van der Waals surface area (Å²) in [5, 5.41) is 14.6. The molecule has 7 heteroatoms. The zero-order valence-electron chi connectivity index (χ0n) is 9.00.